The second-order valence-corrected chi connectivity index (χ2v) is 6.15. The first-order chi connectivity index (χ1) is 8.58. The molecule has 1 aliphatic heterocycles. The van der Waals surface area contributed by atoms with Crippen LogP contribution in [0.4, 0.5) is 0 Å². The zero-order chi connectivity index (χ0) is 13.0. The summed E-state index contributed by atoms with van der Waals surface area (Å²) in [5.41, 5.74) is 0.223. The first-order valence-corrected chi connectivity index (χ1v) is 7.02. The van der Waals surface area contributed by atoms with Gasteiger partial charge in [-0.15, -0.1) is 0 Å². The summed E-state index contributed by atoms with van der Waals surface area (Å²) in [6.07, 6.45) is 6.39. The van der Waals surface area contributed by atoms with E-state index in [2.05, 4.69) is 41.0 Å². The Morgan fingerprint density at radius 1 is 1.56 bits per heavy atom. The number of aromatic nitrogens is 2. The van der Waals surface area contributed by atoms with Crippen LogP contribution < -0.4 is 5.32 Å². The standard InChI is InChI=1S/C14H26N4/c1-12-5-4-8-18(10-12)14(2,3)11-15-9-13-16-6-7-17-13/h6-7,12,15H,4-5,8-11H2,1-3H3,(H,16,17). The molecule has 4 nitrogen and oxygen atoms in total. The Morgan fingerprint density at radius 2 is 2.39 bits per heavy atom. The van der Waals surface area contributed by atoms with Crippen LogP contribution in [-0.2, 0) is 6.54 Å². The van der Waals surface area contributed by atoms with Crippen molar-refractivity contribution in [3.8, 4) is 0 Å². The van der Waals surface area contributed by atoms with E-state index in [1.807, 2.05) is 6.20 Å². The van der Waals surface area contributed by atoms with Gasteiger partial charge in [-0.25, -0.2) is 4.98 Å². The van der Waals surface area contributed by atoms with E-state index in [0.29, 0.717) is 0 Å². The van der Waals surface area contributed by atoms with Gasteiger partial charge in [0, 0.05) is 31.0 Å². The van der Waals surface area contributed by atoms with Gasteiger partial charge in [-0.3, -0.25) is 4.90 Å². The third kappa shape index (κ3) is 3.56. The number of hydrogen-bond acceptors (Lipinski definition) is 3. The molecule has 0 amide bonds. The maximum Gasteiger partial charge on any atom is 0.120 e. The van der Waals surface area contributed by atoms with Crippen molar-refractivity contribution in [1.29, 1.82) is 0 Å². The van der Waals surface area contributed by atoms with Crippen LogP contribution in [0.25, 0.3) is 0 Å². The number of piperidine rings is 1. The molecular weight excluding hydrogens is 224 g/mol. The van der Waals surface area contributed by atoms with Crippen molar-refractivity contribution >= 4 is 0 Å². The normalized spacial score (nSPS) is 22.3. The molecule has 18 heavy (non-hydrogen) atoms. The third-order valence-corrected chi connectivity index (χ3v) is 3.92. The average molecular weight is 250 g/mol. The zero-order valence-corrected chi connectivity index (χ0v) is 11.9. The average Bonchev–Trinajstić information content (AvgIpc) is 2.82. The second kappa shape index (κ2) is 5.85. The van der Waals surface area contributed by atoms with Crippen LogP contribution in [0.2, 0.25) is 0 Å². The maximum atomic E-state index is 4.23. The van der Waals surface area contributed by atoms with Crippen LogP contribution in [0.15, 0.2) is 12.4 Å². The van der Waals surface area contributed by atoms with Crippen LogP contribution in [0.3, 0.4) is 0 Å². The van der Waals surface area contributed by atoms with E-state index in [9.17, 15) is 0 Å². The summed E-state index contributed by atoms with van der Waals surface area (Å²) < 4.78 is 0. The number of imidazole rings is 1. The van der Waals surface area contributed by atoms with Gasteiger partial charge < -0.3 is 10.3 Å². The summed E-state index contributed by atoms with van der Waals surface area (Å²) >= 11 is 0. The van der Waals surface area contributed by atoms with E-state index in [1.165, 1.54) is 25.9 Å². The molecule has 1 fully saturated rings. The largest absolute Gasteiger partial charge is 0.348 e. The molecule has 1 aliphatic rings. The lowest BCUT2D eigenvalue weighted by atomic mass is 9.93. The summed E-state index contributed by atoms with van der Waals surface area (Å²) in [6.45, 7) is 11.3. The number of H-pyrrole nitrogens is 1. The molecule has 102 valence electrons. The van der Waals surface area contributed by atoms with E-state index in [-0.39, 0.29) is 5.54 Å². The highest BCUT2D eigenvalue weighted by molar-refractivity contribution is 4.90. The minimum Gasteiger partial charge on any atom is -0.348 e. The van der Waals surface area contributed by atoms with Crippen molar-refractivity contribution in [2.75, 3.05) is 19.6 Å². The first kappa shape index (κ1) is 13.6. The predicted octanol–water partition coefficient (Wildman–Crippen LogP) is 2.01. The van der Waals surface area contributed by atoms with Gasteiger partial charge >= 0.3 is 0 Å². The van der Waals surface area contributed by atoms with Gasteiger partial charge in [0.25, 0.3) is 0 Å². The van der Waals surface area contributed by atoms with E-state index in [0.717, 1.165) is 24.8 Å². The Kier molecular flexibility index (Phi) is 4.40. The highest BCUT2D eigenvalue weighted by Gasteiger charge is 2.29. The van der Waals surface area contributed by atoms with Gasteiger partial charge in [0.15, 0.2) is 0 Å². The molecule has 0 saturated carbocycles. The van der Waals surface area contributed by atoms with Crippen molar-refractivity contribution in [3.05, 3.63) is 18.2 Å². The quantitative estimate of drug-likeness (QED) is 0.840. The smallest absolute Gasteiger partial charge is 0.120 e. The maximum absolute atomic E-state index is 4.23. The van der Waals surface area contributed by atoms with E-state index in [1.54, 1.807) is 6.20 Å². The van der Waals surface area contributed by atoms with Gasteiger partial charge in [0.2, 0.25) is 0 Å². The number of hydrogen-bond donors (Lipinski definition) is 2. The Hall–Kier alpha value is -0.870. The molecular formula is C14H26N4. The van der Waals surface area contributed by atoms with Gasteiger partial charge in [-0.2, -0.15) is 0 Å². The first-order valence-electron chi connectivity index (χ1n) is 7.02. The number of nitrogens with one attached hydrogen (secondary N) is 2. The minimum absolute atomic E-state index is 0.223. The summed E-state index contributed by atoms with van der Waals surface area (Å²) in [5.74, 6) is 1.85. The van der Waals surface area contributed by atoms with E-state index < -0.39 is 0 Å². The molecule has 1 saturated heterocycles. The Bertz CT molecular complexity index is 345. The number of aromatic amines is 1. The van der Waals surface area contributed by atoms with Crippen molar-refractivity contribution in [3.63, 3.8) is 0 Å². The van der Waals surface area contributed by atoms with Gasteiger partial charge in [0.05, 0.1) is 6.54 Å². The highest BCUT2D eigenvalue weighted by Crippen LogP contribution is 2.23. The minimum atomic E-state index is 0.223. The lowest BCUT2D eigenvalue weighted by Crippen LogP contribution is -2.53. The molecule has 4 heteroatoms. The van der Waals surface area contributed by atoms with Crippen molar-refractivity contribution in [2.45, 2.75) is 45.7 Å². The third-order valence-electron chi connectivity index (χ3n) is 3.92. The van der Waals surface area contributed by atoms with Gasteiger partial charge in [-0.05, 0) is 39.2 Å². The van der Waals surface area contributed by atoms with E-state index in [4.69, 9.17) is 0 Å². The summed E-state index contributed by atoms with van der Waals surface area (Å²) in [5, 5.41) is 3.50. The fraction of sp³-hybridized carbons (Fsp3) is 0.786. The summed E-state index contributed by atoms with van der Waals surface area (Å²) in [6, 6.07) is 0. The molecule has 2 rings (SSSR count). The Balaban J connectivity index is 1.79. The summed E-state index contributed by atoms with van der Waals surface area (Å²) in [7, 11) is 0. The monoisotopic (exact) mass is 250 g/mol. The van der Waals surface area contributed by atoms with Gasteiger partial charge in [0.1, 0.15) is 5.82 Å². The van der Waals surface area contributed by atoms with Crippen molar-refractivity contribution in [1.82, 2.24) is 20.2 Å². The predicted molar refractivity (Wildman–Crippen MR) is 74.3 cm³/mol. The Labute approximate surface area is 110 Å². The molecule has 0 radical (unpaired) electrons. The van der Waals surface area contributed by atoms with Gasteiger partial charge in [-0.1, -0.05) is 6.92 Å². The summed E-state index contributed by atoms with van der Waals surface area (Å²) in [4.78, 5) is 9.97. The van der Waals surface area contributed by atoms with Crippen molar-refractivity contribution in [2.24, 2.45) is 5.92 Å². The zero-order valence-electron chi connectivity index (χ0n) is 11.9. The highest BCUT2D eigenvalue weighted by atomic mass is 15.2. The molecule has 0 spiro atoms. The van der Waals surface area contributed by atoms with Crippen LogP contribution in [0.1, 0.15) is 39.4 Å². The fourth-order valence-corrected chi connectivity index (χ4v) is 2.73. The molecule has 2 N–H and O–H groups in total. The molecule has 1 aromatic heterocycles. The van der Waals surface area contributed by atoms with Crippen LogP contribution in [-0.4, -0.2) is 40.0 Å². The van der Waals surface area contributed by atoms with Crippen LogP contribution in [0.5, 0.6) is 0 Å². The second-order valence-electron chi connectivity index (χ2n) is 6.15. The molecule has 2 heterocycles. The topological polar surface area (TPSA) is 44.0 Å². The Morgan fingerprint density at radius 3 is 3.06 bits per heavy atom. The number of nitrogens with zero attached hydrogens (tertiary/aromatic N) is 2. The molecule has 0 aliphatic carbocycles. The molecule has 1 atom stereocenters. The van der Waals surface area contributed by atoms with Crippen molar-refractivity contribution < 1.29 is 0 Å². The molecule has 0 bridgehead atoms. The molecule has 1 unspecified atom stereocenters. The SMILES string of the molecule is CC1CCCN(C(C)(C)CNCc2ncc[nH]2)C1. The van der Waals surface area contributed by atoms with Crippen LogP contribution in [0, 0.1) is 5.92 Å². The molecule has 1 aromatic rings. The number of rotatable bonds is 5. The lowest BCUT2D eigenvalue weighted by molar-refractivity contribution is 0.0705. The van der Waals surface area contributed by atoms with Crippen LogP contribution >= 0.6 is 0 Å². The molecule has 0 aromatic carbocycles. The lowest BCUT2D eigenvalue weighted by Gasteiger charge is -2.43. The fourth-order valence-electron chi connectivity index (χ4n) is 2.73. The van der Waals surface area contributed by atoms with E-state index >= 15 is 0 Å². The number of likely N-dealkylation sites (tertiary alicyclic amines) is 1.